The van der Waals surface area contributed by atoms with Crippen LogP contribution in [0.25, 0.3) is 0 Å². The van der Waals surface area contributed by atoms with Crippen LogP contribution in [0.2, 0.25) is 0 Å². The van der Waals surface area contributed by atoms with E-state index < -0.39 is 11.5 Å². The van der Waals surface area contributed by atoms with Crippen LogP contribution in [0.15, 0.2) is 103 Å². The molecule has 0 aromatic heterocycles. The minimum Gasteiger partial charge on any atom is -0.479 e. The molecule has 1 saturated heterocycles. The molecule has 3 aromatic carbocycles. The molecule has 6 nitrogen and oxygen atoms in total. The molecule has 2 atom stereocenters. The van der Waals surface area contributed by atoms with E-state index in [1.807, 2.05) is 78.9 Å². The van der Waals surface area contributed by atoms with E-state index in [0.717, 1.165) is 63.6 Å². The summed E-state index contributed by atoms with van der Waals surface area (Å²) in [5.41, 5.74) is 2.60. The minimum absolute atomic E-state index is 0.0520. The van der Waals surface area contributed by atoms with Gasteiger partial charge in [-0.15, -0.1) is 6.58 Å². The maximum atomic E-state index is 13.7. The zero-order valence-electron chi connectivity index (χ0n) is 24.7. The van der Waals surface area contributed by atoms with Gasteiger partial charge in [0.1, 0.15) is 0 Å². The van der Waals surface area contributed by atoms with Crippen molar-refractivity contribution < 1.29 is 14.7 Å². The van der Waals surface area contributed by atoms with E-state index in [9.17, 15) is 14.7 Å². The summed E-state index contributed by atoms with van der Waals surface area (Å²) in [5.74, 6) is -1.00. The Balaban J connectivity index is 1.61. The van der Waals surface area contributed by atoms with Crippen LogP contribution in [0.5, 0.6) is 0 Å². The van der Waals surface area contributed by atoms with Crippen molar-refractivity contribution in [3.63, 3.8) is 0 Å². The number of nitrogens with zero attached hydrogens (tertiary/aromatic N) is 2. The molecule has 6 heteroatoms. The fraction of sp³-hybridized carbons (Fsp3) is 0.361. The Bertz CT molecular complexity index is 1360. The molecule has 0 aliphatic carbocycles. The van der Waals surface area contributed by atoms with Gasteiger partial charge in [0, 0.05) is 17.7 Å². The lowest BCUT2D eigenvalue weighted by molar-refractivity contribution is -0.142. The Morgan fingerprint density at radius 3 is 2.36 bits per heavy atom. The van der Waals surface area contributed by atoms with Crippen molar-refractivity contribution in [3.05, 3.63) is 114 Å². The Morgan fingerprint density at radius 2 is 1.64 bits per heavy atom. The van der Waals surface area contributed by atoms with E-state index in [1.165, 1.54) is 5.56 Å². The van der Waals surface area contributed by atoms with Crippen LogP contribution in [0, 0.1) is 0 Å². The number of carbonyl (C=O) groups is 2. The third-order valence-corrected chi connectivity index (χ3v) is 8.02. The summed E-state index contributed by atoms with van der Waals surface area (Å²) in [4.78, 5) is 33.5. The Hall–Kier alpha value is -4.03. The number of allylic oxidation sites excluding steroid dienone is 1. The molecule has 0 radical (unpaired) electrons. The van der Waals surface area contributed by atoms with Crippen molar-refractivity contribution in [2.45, 2.75) is 76.4 Å². The molecule has 4 rings (SSSR count). The molecule has 1 aliphatic heterocycles. The van der Waals surface area contributed by atoms with E-state index in [-0.39, 0.29) is 11.9 Å². The molecule has 220 valence electrons. The average molecular weight is 566 g/mol. The average Bonchev–Trinajstić information content (AvgIpc) is 3.47. The van der Waals surface area contributed by atoms with Gasteiger partial charge in [0.2, 0.25) is 5.91 Å². The third-order valence-electron chi connectivity index (χ3n) is 8.02. The maximum Gasteiger partial charge on any atom is 0.331 e. The van der Waals surface area contributed by atoms with Gasteiger partial charge in [-0.3, -0.25) is 14.7 Å². The molecule has 1 fully saturated rings. The molecular weight excluding hydrogens is 522 g/mol. The first-order valence-corrected chi connectivity index (χ1v) is 15.1. The van der Waals surface area contributed by atoms with Crippen LogP contribution in [0.4, 0.5) is 5.69 Å². The van der Waals surface area contributed by atoms with Crippen LogP contribution in [0.1, 0.15) is 75.0 Å². The zero-order chi connectivity index (χ0) is 29.8. The molecule has 0 spiro atoms. The van der Waals surface area contributed by atoms with Gasteiger partial charge < -0.3 is 10.4 Å². The molecular formula is C36H43N3O3. The van der Waals surface area contributed by atoms with Crippen LogP contribution in [-0.2, 0) is 16.1 Å². The van der Waals surface area contributed by atoms with Crippen LogP contribution >= 0.6 is 0 Å². The number of rotatable bonds is 15. The minimum atomic E-state index is -1.31. The molecule has 0 bridgehead atoms. The highest BCUT2D eigenvalue weighted by atomic mass is 16.4. The standard InChI is InChI=1S/C36H43N3O3/c1-3-4-5-6-7-16-25-36(2,35(41)42)38-33(29-20-12-9-13-21-29)30-22-14-15-23-31(30)37-34(40)32-24-17-26-39(32)27-28-18-10-8-11-19-28/h3,8-15,18-23,32H,1,4-7,16-17,24-27H2,2H3,(H,37,40)(H,41,42)/t32-,36-/m1/s1. The first-order valence-electron chi connectivity index (χ1n) is 15.1. The van der Waals surface area contributed by atoms with E-state index in [4.69, 9.17) is 4.99 Å². The number of unbranched alkanes of at least 4 members (excludes halogenated alkanes) is 4. The summed E-state index contributed by atoms with van der Waals surface area (Å²) < 4.78 is 0. The lowest BCUT2D eigenvalue weighted by Gasteiger charge is -2.25. The first kappa shape index (κ1) is 30.9. The van der Waals surface area contributed by atoms with Gasteiger partial charge in [-0.05, 0) is 57.2 Å². The SMILES string of the molecule is C=CCCCCCC[C@@](C)(N=C(c1ccccc1)c1ccccc1NC(=O)[C@H]1CCCN1Cc1ccccc1)C(=O)O. The monoisotopic (exact) mass is 565 g/mol. The fourth-order valence-corrected chi connectivity index (χ4v) is 5.59. The van der Waals surface area contributed by atoms with E-state index in [1.54, 1.807) is 6.92 Å². The zero-order valence-corrected chi connectivity index (χ0v) is 24.7. The van der Waals surface area contributed by atoms with Crippen molar-refractivity contribution in [1.29, 1.82) is 0 Å². The number of likely N-dealkylation sites (tertiary alicyclic amines) is 1. The summed E-state index contributed by atoms with van der Waals surface area (Å²) in [7, 11) is 0. The molecule has 1 amide bonds. The van der Waals surface area contributed by atoms with Gasteiger partial charge in [0.25, 0.3) is 0 Å². The number of benzene rings is 3. The van der Waals surface area contributed by atoms with Crippen molar-refractivity contribution in [2.24, 2.45) is 4.99 Å². The number of aliphatic imine (C=N–C) groups is 1. The quantitative estimate of drug-likeness (QED) is 0.114. The predicted octanol–water partition coefficient (Wildman–Crippen LogP) is 7.50. The first-order chi connectivity index (χ1) is 20.4. The summed E-state index contributed by atoms with van der Waals surface area (Å²) >= 11 is 0. The molecule has 42 heavy (non-hydrogen) atoms. The van der Waals surface area contributed by atoms with Gasteiger partial charge in [-0.1, -0.05) is 104 Å². The lowest BCUT2D eigenvalue weighted by Crippen LogP contribution is -2.39. The van der Waals surface area contributed by atoms with Gasteiger partial charge in [-0.25, -0.2) is 4.79 Å². The number of carboxylic acid groups (broad SMARTS) is 1. The molecule has 1 aliphatic rings. The largest absolute Gasteiger partial charge is 0.479 e. The van der Waals surface area contributed by atoms with Gasteiger partial charge in [-0.2, -0.15) is 0 Å². The summed E-state index contributed by atoms with van der Waals surface area (Å²) in [5, 5.41) is 13.5. The van der Waals surface area contributed by atoms with Crippen LogP contribution in [0.3, 0.4) is 0 Å². The second kappa shape index (κ2) is 15.3. The Kier molecular flexibility index (Phi) is 11.2. The smallest absolute Gasteiger partial charge is 0.331 e. The van der Waals surface area contributed by atoms with Crippen molar-refractivity contribution in [2.75, 3.05) is 11.9 Å². The summed E-state index contributed by atoms with van der Waals surface area (Å²) in [6, 6.07) is 27.2. The number of nitrogens with one attached hydrogen (secondary N) is 1. The second-order valence-electron chi connectivity index (χ2n) is 11.3. The highest BCUT2D eigenvalue weighted by molar-refractivity contribution is 6.18. The predicted molar refractivity (Wildman–Crippen MR) is 171 cm³/mol. The number of carbonyl (C=O) groups excluding carboxylic acids is 1. The molecule has 2 N–H and O–H groups in total. The Labute approximate surface area is 250 Å². The van der Waals surface area contributed by atoms with Gasteiger partial charge in [0.15, 0.2) is 5.54 Å². The molecule has 3 aromatic rings. The van der Waals surface area contributed by atoms with Crippen LogP contribution < -0.4 is 5.32 Å². The number of hydrogen-bond acceptors (Lipinski definition) is 4. The van der Waals surface area contributed by atoms with E-state index >= 15 is 0 Å². The number of carboxylic acids is 1. The summed E-state index contributed by atoms with van der Waals surface area (Å²) in [6.07, 6.45) is 8.89. The lowest BCUT2D eigenvalue weighted by atomic mass is 9.92. The number of aliphatic carboxylic acids is 1. The van der Waals surface area contributed by atoms with E-state index in [0.29, 0.717) is 23.4 Å². The molecule has 0 unspecified atom stereocenters. The highest BCUT2D eigenvalue weighted by Crippen LogP contribution is 2.28. The van der Waals surface area contributed by atoms with Crippen molar-refractivity contribution in [1.82, 2.24) is 4.90 Å². The van der Waals surface area contributed by atoms with Crippen molar-refractivity contribution in [3.8, 4) is 0 Å². The second-order valence-corrected chi connectivity index (χ2v) is 11.3. The normalized spacial score (nSPS) is 17.0. The number of hydrogen-bond donors (Lipinski definition) is 2. The summed E-state index contributed by atoms with van der Waals surface area (Å²) in [6.45, 7) is 7.07. The topological polar surface area (TPSA) is 82.0 Å². The van der Waals surface area contributed by atoms with Gasteiger partial charge >= 0.3 is 5.97 Å². The Morgan fingerprint density at radius 1 is 0.976 bits per heavy atom. The van der Waals surface area contributed by atoms with Gasteiger partial charge in [0.05, 0.1) is 17.4 Å². The van der Waals surface area contributed by atoms with Crippen LogP contribution in [-0.4, -0.2) is 45.7 Å². The van der Waals surface area contributed by atoms with E-state index in [2.05, 4.69) is 28.9 Å². The molecule has 1 heterocycles. The maximum absolute atomic E-state index is 13.7. The highest BCUT2D eigenvalue weighted by Gasteiger charge is 2.34. The van der Waals surface area contributed by atoms with Crippen molar-refractivity contribution >= 4 is 23.3 Å². The third kappa shape index (κ3) is 8.26. The number of para-hydroxylation sites is 1. The fourth-order valence-electron chi connectivity index (χ4n) is 5.59. The molecule has 0 saturated carbocycles. The number of amides is 1. The number of anilines is 1.